The van der Waals surface area contributed by atoms with Crippen LogP contribution < -0.4 is 5.01 Å². The summed E-state index contributed by atoms with van der Waals surface area (Å²) in [6, 6.07) is 19.2. The Morgan fingerprint density at radius 2 is 1.76 bits per heavy atom. The smallest absolute Gasteiger partial charge is 0.305 e. The Morgan fingerprint density at radius 1 is 1.03 bits per heavy atom. The van der Waals surface area contributed by atoms with Gasteiger partial charge in [-0.25, -0.2) is 4.39 Å². The number of hydrazone groups is 1. The van der Waals surface area contributed by atoms with Crippen LogP contribution in [0.2, 0.25) is 0 Å². The summed E-state index contributed by atoms with van der Waals surface area (Å²) in [6.45, 7) is 7.99. The highest BCUT2D eigenvalue weighted by Crippen LogP contribution is 2.31. The number of anilines is 1. The summed E-state index contributed by atoms with van der Waals surface area (Å²) in [4.78, 5) is 11.3. The van der Waals surface area contributed by atoms with Crippen molar-refractivity contribution in [3.8, 4) is 11.1 Å². The highest BCUT2D eigenvalue weighted by molar-refractivity contribution is 5.89. The van der Waals surface area contributed by atoms with Crippen molar-refractivity contribution >= 4 is 17.4 Å². The van der Waals surface area contributed by atoms with Gasteiger partial charge in [0.2, 0.25) is 0 Å². The van der Waals surface area contributed by atoms with Crippen molar-refractivity contribution in [2.45, 2.75) is 46.6 Å². The standard InChI is InChI=1S/C28H29FN2O2/c1-17-5-12-26(29)25(13-17)23-9-8-22(18(2)14-23)15-21-6-10-24(11-7-21)31-27(16-28(32)33)19(3)20(4)30-31/h5-14,19,27H,15-16H2,1-4H3,(H,32,33)/t19?,27-/m0/s1. The predicted octanol–water partition coefficient (Wildman–Crippen LogP) is 6.38. The van der Waals surface area contributed by atoms with Gasteiger partial charge in [-0.1, -0.05) is 48.9 Å². The number of nitrogens with zero attached hydrogens (tertiary/aromatic N) is 2. The third kappa shape index (κ3) is 4.82. The first-order valence-corrected chi connectivity index (χ1v) is 11.2. The van der Waals surface area contributed by atoms with E-state index in [1.165, 1.54) is 11.6 Å². The van der Waals surface area contributed by atoms with Crippen LogP contribution in [0.5, 0.6) is 0 Å². The van der Waals surface area contributed by atoms with E-state index in [1.54, 1.807) is 6.07 Å². The lowest BCUT2D eigenvalue weighted by Gasteiger charge is -2.25. The lowest BCUT2D eigenvalue weighted by molar-refractivity contribution is -0.137. The van der Waals surface area contributed by atoms with Gasteiger partial charge >= 0.3 is 5.97 Å². The summed E-state index contributed by atoms with van der Waals surface area (Å²) >= 11 is 0. The van der Waals surface area contributed by atoms with Gasteiger partial charge in [0.1, 0.15) is 5.82 Å². The number of carboxylic acids is 1. The Morgan fingerprint density at radius 3 is 2.42 bits per heavy atom. The molecule has 1 N–H and O–H groups in total. The van der Waals surface area contributed by atoms with E-state index in [9.17, 15) is 14.3 Å². The molecule has 0 aliphatic carbocycles. The summed E-state index contributed by atoms with van der Waals surface area (Å²) in [5.74, 6) is -0.929. The van der Waals surface area contributed by atoms with Crippen molar-refractivity contribution in [2.75, 3.05) is 5.01 Å². The van der Waals surface area contributed by atoms with Gasteiger partial charge in [0.05, 0.1) is 18.2 Å². The molecule has 0 aromatic heterocycles. The van der Waals surface area contributed by atoms with Gasteiger partial charge in [-0.2, -0.15) is 5.10 Å². The quantitative estimate of drug-likeness (QED) is 0.480. The zero-order valence-electron chi connectivity index (χ0n) is 19.5. The summed E-state index contributed by atoms with van der Waals surface area (Å²) < 4.78 is 14.3. The van der Waals surface area contributed by atoms with Crippen molar-refractivity contribution in [1.29, 1.82) is 0 Å². The topological polar surface area (TPSA) is 52.9 Å². The second-order valence-electron chi connectivity index (χ2n) is 9.01. The third-order valence-corrected chi connectivity index (χ3v) is 6.57. The van der Waals surface area contributed by atoms with E-state index in [1.807, 2.05) is 56.1 Å². The van der Waals surface area contributed by atoms with Gasteiger partial charge in [0.25, 0.3) is 0 Å². The van der Waals surface area contributed by atoms with E-state index >= 15 is 0 Å². The highest BCUT2D eigenvalue weighted by atomic mass is 19.1. The van der Waals surface area contributed by atoms with Crippen molar-refractivity contribution < 1.29 is 14.3 Å². The molecule has 0 bridgehead atoms. The molecule has 4 rings (SSSR count). The van der Waals surface area contributed by atoms with Crippen LogP contribution in [-0.4, -0.2) is 22.8 Å². The molecule has 3 aromatic rings. The van der Waals surface area contributed by atoms with Gasteiger partial charge in [-0.3, -0.25) is 9.80 Å². The number of aliphatic carboxylic acids is 1. The van der Waals surface area contributed by atoms with Gasteiger partial charge < -0.3 is 5.11 Å². The molecule has 1 aliphatic rings. The average molecular weight is 445 g/mol. The van der Waals surface area contributed by atoms with E-state index in [-0.39, 0.29) is 24.2 Å². The Hall–Kier alpha value is -3.47. The number of benzene rings is 3. The number of carbonyl (C=O) groups is 1. The van der Waals surface area contributed by atoms with Gasteiger partial charge in [-0.15, -0.1) is 0 Å². The first-order chi connectivity index (χ1) is 15.7. The van der Waals surface area contributed by atoms with Gasteiger partial charge in [0, 0.05) is 17.2 Å². The molecule has 2 atom stereocenters. The summed E-state index contributed by atoms with van der Waals surface area (Å²) in [5, 5.41) is 15.8. The Kier molecular flexibility index (Phi) is 6.32. The van der Waals surface area contributed by atoms with Crippen molar-refractivity contribution in [3.05, 3.63) is 88.7 Å². The van der Waals surface area contributed by atoms with E-state index < -0.39 is 5.97 Å². The second-order valence-corrected chi connectivity index (χ2v) is 9.01. The zero-order valence-corrected chi connectivity index (χ0v) is 19.5. The van der Waals surface area contributed by atoms with Crippen molar-refractivity contribution in [1.82, 2.24) is 0 Å². The summed E-state index contributed by atoms with van der Waals surface area (Å²) in [7, 11) is 0. The Balaban J connectivity index is 1.52. The fourth-order valence-corrected chi connectivity index (χ4v) is 4.43. The monoisotopic (exact) mass is 444 g/mol. The van der Waals surface area contributed by atoms with Crippen LogP contribution in [-0.2, 0) is 11.2 Å². The van der Waals surface area contributed by atoms with Crippen LogP contribution >= 0.6 is 0 Å². The highest BCUT2D eigenvalue weighted by Gasteiger charge is 2.34. The van der Waals surface area contributed by atoms with Crippen LogP contribution in [0.25, 0.3) is 11.1 Å². The molecule has 5 heteroatoms. The number of hydrogen-bond donors (Lipinski definition) is 1. The van der Waals surface area contributed by atoms with Gasteiger partial charge in [0.15, 0.2) is 0 Å². The fourth-order valence-electron chi connectivity index (χ4n) is 4.43. The number of carboxylic acid groups (broad SMARTS) is 1. The third-order valence-electron chi connectivity index (χ3n) is 6.57. The molecule has 0 radical (unpaired) electrons. The fraction of sp³-hybridized carbons (Fsp3) is 0.286. The molecule has 33 heavy (non-hydrogen) atoms. The van der Waals surface area contributed by atoms with E-state index in [2.05, 4.69) is 30.2 Å². The Labute approximate surface area is 194 Å². The number of rotatable bonds is 6. The predicted molar refractivity (Wildman–Crippen MR) is 131 cm³/mol. The minimum atomic E-state index is -0.817. The zero-order chi connectivity index (χ0) is 23.7. The second kappa shape index (κ2) is 9.18. The molecule has 0 fully saturated rings. The molecule has 1 aliphatic heterocycles. The average Bonchev–Trinajstić information content (AvgIpc) is 3.05. The number of aryl methyl sites for hydroxylation is 2. The van der Waals surface area contributed by atoms with Crippen LogP contribution in [0.4, 0.5) is 10.1 Å². The SMILES string of the molecule is CC1=NN(c2ccc(Cc3ccc(-c4cc(C)ccc4F)cc3C)cc2)[C@@H](CC(=O)O)C1C. The van der Waals surface area contributed by atoms with Crippen molar-refractivity contribution in [3.63, 3.8) is 0 Å². The minimum Gasteiger partial charge on any atom is -0.481 e. The molecular formula is C28H29FN2O2. The van der Waals surface area contributed by atoms with Gasteiger partial charge in [-0.05, 0) is 73.7 Å². The number of halogens is 1. The van der Waals surface area contributed by atoms with Crippen molar-refractivity contribution in [2.24, 2.45) is 11.0 Å². The van der Waals surface area contributed by atoms with Crippen LogP contribution in [0.15, 0.2) is 65.8 Å². The molecule has 170 valence electrons. The molecule has 4 nitrogen and oxygen atoms in total. The largest absolute Gasteiger partial charge is 0.481 e. The minimum absolute atomic E-state index is 0.0524. The number of hydrogen-bond acceptors (Lipinski definition) is 3. The normalized spacial score (nSPS) is 17.8. The van der Waals surface area contributed by atoms with Crippen LogP contribution in [0.3, 0.4) is 0 Å². The maximum Gasteiger partial charge on any atom is 0.305 e. The molecule has 0 spiro atoms. The Bertz CT molecular complexity index is 1220. The lowest BCUT2D eigenvalue weighted by atomic mass is 9.94. The molecule has 1 heterocycles. The summed E-state index contributed by atoms with van der Waals surface area (Å²) in [5.41, 5.74) is 7.85. The van der Waals surface area contributed by atoms with Crippen LogP contribution in [0, 0.1) is 25.6 Å². The maximum atomic E-state index is 14.3. The molecule has 1 unspecified atom stereocenters. The molecule has 0 amide bonds. The molecule has 0 saturated heterocycles. The van der Waals surface area contributed by atoms with Crippen LogP contribution in [0.1, 0.15) is 42.5 Å². The first-order valence-electron chi connectivity index (χ1n) is 11.2. The van der Waals surface area contributed by atoms with E-state index in [0.717, 1.165) is 40.1 Å². The maximum absolute atomic E-state index is 14.3. The lowest BCUT2D eigenvalue weighted by Crippen LogP contribution is -2.34. The molecule has 3 aromatic carbocycles. The molecular weight excluding hydrogens is 415 g/mol. The first kappa shape index (κ1) is 22.7. The molecule has 0 saturated carbocycles. The van der Waals surface area contributed by atoms with E-state index in [0.29, 0.717) is 5.56 Å². The summed E-state index contributed by atoms with van der Waals surface area (Å²) in [6.07, 6.45) is 0.816. The van der Waals surface area contributed by atoms with E-state index in [4.69, 9.17) is 0 Å².